The molecule has 1 heterocycles. The van der Waals surface area contributed by atoms with E-state index in [1.165, 1.54) is 7.11 Å². The van der Waals surface area contributed by atoms with Crippen LogP contribution in [0.3, 0.4) is 0 Å². The van der Waals surface area contributed by atoms with Gasteiger partial charge in [0.1, 0.15) is 5.60 Å². The Balaban J connectivity index is 2.20. The van der Waals surface area contributed by atoms with E-state index in [1.54, 1.807) is 0 Å². The van der Waals surface area contributed by atoms with Crippen molar-refractivity contribution in [3.05, 3.63) is 17.9 Å². The zero-order chi connectivity index (χ0) is 15.7. The third-order valence-electron chi connectivity index (χ3n) is 3.23. The van der Waals surface area contributed by atoms with Crippen molar-refractivity contribution in [2.75, 3.05) is 32.6 Å². The maximum atomic E-state index is 13.7. The normalized spacial score (nSPS) is 22.4. The monoisotopic (exact) mass is 320 g/mol. The highest BCUT2D eigenvalue weighted by Crippen LogP contribution is 2.28. The van der Waals surface area contributed by atoms with E-state index in [0.717, 1.165) is 12.1 Å². The number of hydrogen-bond donors (Lipinski definition) is 3. The minimum absolute atomic E-state index is 0.0502. The molecule has 0 aliphatic carbocycles. The van der Waals surface area contributed by atoms with Crippen molar-refractivity contribution >= 4 is 15.7 Å². The molecule has 0 bridgehead atoms. The standard InChI is InChI=1S/C12H17FN2O5S/c1-19-11-9(13)4-8(5-10(11)14)21(17,18)15-6-12(16)2-3-20-7-12/h4-5,15-16H,2-3,6-7,14H2,1H3. The summed E-state index contributed by atoms with van der Waals surface area (Å²) in [5, 5.41) is 10.0. The Hall–Kier alpha value is -1.42. The minimum atomic E-state index is -4.00. The van der Waals surface area contributed by atoms with Crippen LogP contribution in [0.4, 0.5) is 10.1 Å². The van der Waals surface area contributed by atoms with Gasteiger partial charge in [-0.1, -0.05) is 0 Å². The van der Waals surface area contributed by atoms with Crippen molar-refractivity contribution in [2.45, 2.75) is 16.9 Å². The van der Waals surface area contributed by atoms with Crippen molar-refractivity contribution < 1.29 is 27.4 Å². The fourth-order valence-corrected chi connectivity index (χ4v) is 3.17. The highest BCUT2D eigenvalue weighted by Gasteiger charge is 2.34. The lowest BCUT2D eigenvalue weighted by atomic mass is 10.1. The van der Waals surface area contributed by atoms with Crippen LogP contribution in [0.25, 0.3) is 0 Å². The number of halogens is 1. The van der Waals surface area contributed by atoms with Crippen LogP contribution in [0.15, 0.2) is 17.0 Å². The summed E-state index contributed by atoms with van der Waals surface area (Å²) in [4.78, 5) is -0.333. The lowest BCUT2D eigenvalue weighted by Gasteiger charge is -2.20. The van der Waals surface area contributed by atoms with Gasteiger partial charge < -0.3 is 20.3 Å². The van der Waals surface area contributed by atoms with Crippen molar-refractivity contribution in [1.29, 1.82) is 0 Å². The number of hydrogen-bond acceptors (Lipinski definition) is 6. The van der Waals surface area contributed by atoms with Crippen LogP contribution in [-0.4, -0.2) is 46.0 Å². The zero-order valence-corrected chi connectivity index (χ0v) is 12.2. The smallest absolute Gasteiger partial charge is 0.240 e. The Kier molecular flexibility index (Phi) is 4.38. The van der Waals surface area contributed by atoms with Crippen LogP contribution in [0.2, 0.25) is 0 Å². The molecule has 1 aromatic carbocycles. The number of anilines is 1. The molecule has 1 unspecified atom stereocenters. The van der Waals surface area contributed by atoms with E-state index in [-0.39, 0.29) is 29.5 Å². The maximum absolute atomic E-state index is 13.7. The molecule has 0 amide bonds. The Morgan fingerprint density at radius 1 is 1.57 bits per heavy atom. The van der Waals surface area contributed by atoms with Crippen LogP contribution in [0.1, 0.15) is 6.42 Å². The molecule has 0 spiro atoms. The molecule has 1 atom stereocenters. The highest BCUT2D eigenvalue weighted by molar-refractivity contribution is 7.89. The van der Waals surface area contributed by atoms with Crippen molar-refractivity contribution in [1.82, 2.24) is 4.72 Å². The van der Waals surface area contributed by atoms with Gasteiger partial charge in [0.15, 0.2) is 11.6 Å². The second-order valence-corrected chi connectivity index (χ2v) is 6.65. The van der Waals surface area contributed by atoms with Crippen LogP contribution in [-0.2, 0) is 14.8 Å². The quantitative estimate of drug-likeness (QED) is 0.651. The lowest BCUT2D eigenvalue weighted by Crippen LogP contribution is -2.43. The van der Waals surface area contributed by atoms with Gasteiger partial charge in [-0.3, -0.25) is 0 Å². The number of benzene rings is 1. The second-order valence-electron chi connectivity index (χ2n) is 4.88. The number of nitrogens with one attached hydrogen (secondary N) is 1. The summed E-state index contributed by atoms with van der Waals surface area (Å²) in [7, 11) is -2.76. The predicted molar refractivity (Wildman–Crippen MR) is 72.9 cm³/mol. The summed E-state index contributed by atoms with van der Waals surface area (Å²) < 4.78 is 49.9. The molecule has 0 aromatic heterocycles. The van der Waals surface area contributed by atoms with Crippen LogP contribution < -0.4 is 15.2 Å². The summed E-state index contributed by atoms with van der Waals surface area (Å²) >= 11 is 0. The summed E-state index contributed by atoms with van der Waals surface area (Å²) in [5.41, 5.74) is 4.18. The molecular weight excluding hydrogens is 303 g/mol. The van der Waals surface area contributed by atoms with Crippen LogP contribution >= 0.6 is 0 Å². The van der Waals surface area contributed by atoms with Crippen molar-refractivity contribution in [3.8, 4) is 5.75 Å². The molecular formula is C12H17FN2O5S. The number of rotatable bonds is 5. The van der Waals surface area contributed by atoms with E-state index in [1.807, 2.05) is 0 Å². The lowest BCUT2D eigenvalue weighted by molar-refractivity contribution is 0.0314. The first-order valence-corrected chi connectivity index (χ1v) is 7.68. The molecule has 0 saturated carbocycles. The van der Waals surface area contributed by atoms with Gasteiger partial charge in [-0.15, -0.1) is 0 Å². The fourth-order valence-electron chi connectivity index (χ4n) is 2.01. The summed E-state index contributed by atoms with van der Waals surface area (Å²) in [6.07, 6.45) is 0.328. The molecule has 0 radical (unpaired) electrons. The molecule has 7 nitrogen and oxygen atoms in total. The number of ether oxygens (including phenoxy) is 2. The molecule has 1 saturated heterocycles. The summed E-state index contributed by atoms with van der Waals surface area (Å²) in [6, 6.07) is 1.91. The summed E-state index contributed by atoms with van der Waals surface area (Å²) in [6.45, 7) is 0.194. The second kappa shape index (κ2) is 5.76. The van der Waals surface area contributed by atoms with E-state index < -0.39 is 21.4 Å². The SMILES string of the molecule is COc1c(N)cc(S(=O)(=O)NCC2(O)CCOC2)cc1F. The minimum Gasteiger partial charge on any atom is -0.492 e. The molecule has 1 aromatic rings. The van der Waals surface area contributed by atoms with Gasteiger partial charge in [-0.05, 0) is 12.1 Å². The van der Waals surface area contributed by atoms with Gasteiger partial charge in [0.05, 0.1) is 24.3 Å². The van der Waals surface area contributed by atoms with Gasteiger partial charge in [0, 0.05) is 19.6 Å². The van der Waals surface area contributed by atoms with Crippen LogP contribution in [0.5, 0.6) is 5.75 Å². The molecule has 9 heteroatoms. The summed E-state index contributed by atoms with van der Waals surface area (Å²) in [5.74, 6) is -1.09. The van der Waals surface area contributed by atoms with E-state index >= 15 is 0 Å². The molecule has 118 valence electrons. The number of aliphatic hydroxyl groups is 1. The average Bonchev–Trinajstić information content (AvgIpc) is 2.84. The van der Waals surface area contributed by atoms with E-state index in [4.69, 9.17) is 15.2 Å². The topological polar surface area (TPSA) is 111 Å². The molecule has 1 fully saturated rings. The van der Waals surface area contributed by atoms with Gasteiger partial charge in [-0.25, -0.2) is 17.5 Å². The fraction of sp³-hybridized carbons (Fsp3) is 0.500. The van der Waals surface area contributed by atoms with E-state index in [0.29, 0.717) is 13.0 Å². The van der Waals surface area contributed by atoms with Crippen molar-refractivity contribution in [2.24, 2.45) is 0 Å². The largest absolute Gasteiger partial charge is 0.492 e. The molecule has 4 N–H and O–H groups in total. The van der Waals surface area contributed by atoms with Gasteiger partial charge in [0.25, 0.3) is 0 Å². The van der Waals surface area contributed by atoms with Crippen molar-refractivity contribution in [3.63, 3.8) is 0 Å². The molecule has 21 heavy (non-hydrogen) atoms. The maximum Gasteiger partial charge on any atom is 0.240 e. The first-order valence-electron chi connectivity index (χ1n) is 6.20. The molecule has 1 aliphatic heterocycles. The number of nitrogens with two attached hydrogens (primary N) is 1. The number of sulfonamides is 1. The highest BCUT2D eigenvalue weighted by atomic mass is 32.2. The zero-order valence-electron chi connectivity index (χ0n) is 11.4. The number of nitrogen functional groups attached to an aromatic ring is 1. The Bertz CT molecular complexity index is 606. The molecule has 1 aliphatic rings. The Morgan fingerprint density at radius 3 is 2.81 bits per heavy atom. The van der Waals surface area contributed by atoms with Crippen LogP contribution in [0, 0.1) is 5.82 Å². The number of methoxy groups -OCH3 is 1. The van der Waals surface area contributed by atoms with Gasteiger partial charge >= 0.3 is 0 Å². The molecule has 2 rings (SSSR count). The third kappa shape index (κ3) is 3.43. The van der Waals surface area contributed by atoms with E-state index in [2.05, 4.69) is 4.72 Å². The van der Waals surface area contributed by atoms with Gasteiger partial charge in [-0.2, -0.15) is 0 Å². The predicted octanol–water partition coefficient (Wildman–Crippen LogP) is -0.154. The van der Waals surface area contributed by atoms with Gasteiger partial charge in [0.2, 0.25) is 10.0 Å². The Labute approximate surface area is 121 Å². The third-order valence-corrected chi connectivity index (χ3v) is 4.61. The average molecular weight is 320 g/mol. The first kappa shape index (κ1) is 16.0. The Morgan fingerprint density at radius 2 is 2.29 bits per heavy atom. The van der Waals surface area contributed by atoms with E-state index in [9.17, 15) is 17.9 Å². The first-order chi connectivity index (χ1) is 9.77.